The zero-order chi connectivity index (χ0) is 13.3. The molecule has 1 unspecified atom stereocenters. The van der Waals surface area contributed by atoms with Crippen molar-refractivity contribution in [3.8, 4) is 0 Å². The number of ether oxygens (including phenoxy) is 1. The van der Waals surface area contributed by atoms with Gasteiger partial charge in [0.25, 0.3) is 0 Å². The van der Waals surface area contributed by atoms with Crippen molar-refractivity contribution < 1.29 is 14.6 Å². The van der Waals surface area contributed by atoms with E-state index >= 15 is 0 Å². The Balaban J connectivity index is 2.15. The molecule has 2 saturated carbocycles. The van der Waals surface area contributed by atoms with Gasteiger partial charge in [0.05, 0.1) is 0 Å². The standard InChI is InChI=1S/C15H26O3/c1-10(9-16)12-6-7-13-14(18-11(2)17)5-4-8-15(12,13)3/h10,12-14,16H,4-9H2,1-3H3/t10-,12-,13?,14+,15-/m1/s1. The number of hydrogen-bond donors (Lipinski definition) is 1. The molecule has 0 aromatic carbocycles. The minimum absolute atomic E-state index is 0.108. The first-order chi connectivity index (χ1) is 8.49. The molecule has 0 heterocycles. The summed E-state index contributed by atoms with van der Waals surface area (Å²) in [4.78, 5) is 11.2. The quantitative estimate of drug-likeness (QED) is 0.788. The second-order valence-electron chi connectivity index (χ2n) is 6.50. The van der Waals surface area contributed by atoms with Crippen LogP contribution in [-0.4, -0.2) is 23.8 Å². The third-order valence-corrected chi connectivity index (χ3v) is 5.43. The fourth-order valence-electron chi connectivity index (χ4n) is 4.58. The van der Waals surface area contributed by atoms with E-state index in [4.69, 9.17) is 4.74 Å². The monoisotopic (exact) mass is 254 g/mol. The third-order valence-electron chi connectivity index (χ3n) is 5.43. The summed E-state index contributed by atoms with van der Waals surface area (Å²) in [7, 11) is 0. The van der Waals surface area contributed by atoms with Crippen LogP contribution in [0.2, 0.25) is 0 Å². The van der Waals surface area contributed by atoms with Crippen LogP contribution in [0.5, 0.6) is 0 Å². The van der Waals surface area contributed by atoms with E-state index in [-0.39, 0.29) is 24.1 Å². The third kappa shape index (κ3) is 2.29. The second-order valence-corrected chi connectivity index (χ2v) is 6.50. The van der Waals surface area contributed by atoms with Gasteiger partial charge >= 0.3 is 5.97 Å². The topological polar surface area (TPSA) is 46.5 Å². The van der Waals surface area contributed by atoms with Crippen LogP contribution in [0.25, 0.3) is 0 Å². The maximum Gasteiger partial charge on any atom is 0.302 e. The highest BCUT2D eigenvalue weighted by atomic mass is 16.5. The molecule has 0 bridgehead atoms. The summed E-state index contributed by atoms with van der Waals surface area (Å²) in [5, 5.41) is 9.43. The summed E-state index contributed by atoms with van der Waals surface area (Å²) in [6.07, 6.45) is 5.78. The van der Waals surface area contributed by atoms with Gasteiger partial charge in [-0.2, -0.15) is 0 Å². The normalized spacial score (nSPS) is 41.2. The van der Waals surface area contributed by atoms with Gasteiger partial charge in [-0.25, -0.2) is 0 Å². The van der Waals surface area contributed by atoms with E-state index in [9.17, 15) is 9.90 Å². The maximum absolute atomic E-state index is 11.2. The van der Waals surface area contributed by atoms with E-state index < -0.39 is 0 Å². The number of carbonyl (C=O) groups is 1. The van der Waals surface area contributed by atoms with Crippen molar-refractivity contribution in [3.63, 3.8) is 0 Å². The van der Waals surface area contributed by atoms with Crippen LogP contribution in [0.15, 0.2) is 0 Å². The van der Waals surface area contributed by atoms with Crippen LogP contribution in [0.4, 0.5) is 0 Å². The highest BCUT2D eigenvalue weighted by Gasteiger charge is 2.53. The summed E-state index contributed by atoms with van der Waals surface area (Å²) in [5.41, 5.74) is 0.251. The van der Waals surface area contributed by atoms with Crippen LogP contribution in [-0.2, 0) is 9.53 Å². The molecule has 5 atom stereocenters. The molecule has 3 nitrogen and oxygen atoms in total. The Morgan fingerprint density at radius 3 is 2.78 bits per heavy atom. The van der Waals surface area contributed by atoms with E-state index in [1.807, 2.05) is 0 Å². The predicted octanol–water partition coefficient (Wildman–Crippen LogP) is 2.76. The molecule has 0 spiro atoms. The van der Waals surface area contributed by atoms with Gasteiger partial charge in [-0.1, -0.05) is 13.8 Å². The number of fused-ring (bicyclic) bond motifs is 1. The smallest absolute Gasteiger partial charge is 0.302 e. The molecule has 2 rings (SSSR count). The predicted molar refractivity (Wildman–Crippen MR) is 70.0 cm³/mol. The summed E-state index contributed by atoms with van der Waals surface area (Å²) >= 11 is 0. The van der Waals surface area contributed by atoms with Crippen molar-refractivity contribution in [3.05, 3.63) is 0 Å². The minimum atomic E-state index is -0.150. The van der Waals surface area contributed by atoms with Gasteiger partial charge < -0.3 is 9.84 Å². The Morgan fingerprint density at radius 2 is 2.17 bits per heavy atom. The molecule has 0 aromatic rings. The van der Waals surface area contributed by atoms with Crippen LogP contribution in [0, 0.1) is 23.2 Å². The van der Waals surface area contributed by atoms with Gasteiger partial charge in [0.1, 0.15) is 6.10 Å². The van der Waals surface area contributed by atoms with E-state index in [1.165, 1.54) is 19.8 Å². The van der Waals surface area contributed by atoms with Gasteiger partial charge in [-0.3, -0.25) is 4.79 Å². The minimum Gasteiger partial charge on any atom is -0.462 e. The summed E-state index contributed by atoms with van der Waals surface area (Å²) in [6.45, 7) is 6.27. The molecule has 0 aromatic heterocycles. The summed E-state index contributed by atoms with van der Waals surface area (Å²) in [6, 6.07) is 0. The molecule has 2 fully saturated rings. The number of esters is 1. The second kappa shape index (κ2) is 5.20. The van der Waals surface area contributed by atoms with Crippen molar-refractivity contribution in [1.29, 1.82) is 0 Å². The molecule has 3 heteroatoms. The molecular formula is C15H26O3. The van der Waals surface area contributed by atoms with Gasteiger partial charge in [0.2, 0.25) is 0 Å². The Morgan fingerprint density at radius 1 is 1.44 bits per heavy atom. The van der Waals surface area contributed by atoms with Gasteiger partial charge in [-0.15, -0.1) is 0 Å². The first-order valence-corrected chi connectivity index (χ1v) is 7.27. The first-order valence-electron chi connectivity index (χ1n) is 7.27. The van der Waals surface area contributed by atoms with E-state index in [1.54, 1.807) is 0 Å². The highest BCUT2D eigenvalue weighted by molar-refractivity contribution is 5.66. The molecule has 2 aliphatic rings. The number of rotatable bonds is 3. The summed E-state index contributed by atoms with van der Waals surface area (Å²) < 4.78 is 5.53. The van der Waals surface area contributed by atoms with Crippen molar-refractivity contribution in [1.82, 2.24) is 0 Å². The van der Waals surface area contributed by atoms with E-state index in [0.717, 1.165) is 19.3 Å². The van der Waals surface area contributed by atoms with Crippen molar-refractivity contribution >= 4 is 5.97 Å². The van der Waals surface area contributed by atoms with E-state index in [0.29, 0.717) is 17.8 Å². The maximum atomic E-state index is 11.2. The molecule has 18 heavy (non-hydrogen) atoms. The zero-order valence-electron chi connectivity index (χ0n) is 11.8. The van der Waals surface area contributed by atoms with Crippen molar-refractivity contribution in [2.24, 2.45) is 23.2 Å². The average molecular weight is 254 g/mol. The lowest BCUT2D eigenvalue weighted by Gasteiger charge is -2.45. The Kier molecular flexibility index (Phi) is 4.00. The fraction of sp³-hybridized carbons (Fsp3) is 0.933. The molecule has 0 saturated heterocycles. The zero-order valence-corrected chi connectivity index (χ0v) is 11.8. The lowest BCUT2D eigenvalue weighted by atomic mass is 9.62. The van der Waals surface area contributed by atoms with Crippen LogP contribution < -0.4 is 0 Å². The molecular weight excluding hydrogens is 228 g/mol. The Labute approximate surface area is 110 Å². The first kappa shape index (κ1) is 13.9. The number of aliphatic hydroxyl groups is 1. The Bertz CT molecular complexity index is 315. The van der Waals surface area contributed by atoms with Crippen LogP contribution in [0.1, 0.15) is 52.9 Å². The van der Waals surface area contributed by atoms with Crippen LogP contribution >= 0.6 is 0 Å². The lowest BCUT2D eigenvalue weighted by molar-refractivity contribution is -0.155. The van der Waals surface area contributed by atoms with E-state index in [2.05, 4.69) is 13.8 Å². The molecule has 0 amide bonds. The largest absolute Gasteiger partial charge is 0.462 e. The number of aliphatic hydroxyl groups excluding tert-OH is 1. The van der Waals surface area contributed by atoms with Crippen molar-refractivity contribution in [2.45, 2.75) is 59.0 Å². The average Bonchev–Trinajstić information content (AvgIpc) is 2.66. The molecule has 104 valence electrons. The molecule has 2 aliphatic carbocycles. The Hall–Kier alpha value is -0.570. The summed E-state index contributed by atoms with van der Waals surface area (Å²) in [5.74, 6) is 1.28. The highest BCUT2D eigenvalue weighted by Crippen LogP contribution is 2.58. The molecule has 1 N–H and O–H groups in total. The van der Waals surface area contributed by atoms with Gasteiger partial charge in [0.15, 0.2) is 0 Å². The number of hydrogen-bond acceptors (Lipinski definition) is 3. The van der Waals surface area contributed by atoms with Gasteiger partial charge in [0, 0.05) is 19.4 Å². The van der Waals surface area contributed by atoms with Crippen LogP contribution in [0.3, 0.4) is 0 Å². The molecule has 0 aliphatic heterocycles. The lowest BCUT2D eigenvalue weighted by Crippen LogP contribution is -2.43. The molecule has 0 radical (unpaired) electrons. The fourth-order valence-corrected chi connectivity index (χ4v) is 4.58. The number of carbonyl (C=O) groups excluding carboxylic acids is 1. The SMILES string of the molecule is CC(=O)O[C@H]1CCC[C@@]2(C)C1CC[C@@H]2[C@H](C)CO. The van der Waals surface area contributed by atoms with Crippen molar-refractivity contribution in [2.75, 3.05) is 6.61 Å². The van der Waals surface area contributed by atoms with Gasteiger partial charge in [-0.05, 0) is 49.4 Å².